The predicted octanol–water partition coefficient (Wildman–Crippen LogP) is 1.91. The van der Waals surface area contributed by atoms with E-state index in [1.807, 2.05) is 11.6 Å². The summed E-state index contributed by atoms with van der Waals surface area (Å²) in [6, 6.07) is -0.389. The fourth-order valence-corrected chi connectivity index (χ4v) is 2.77. The minimum absolute atomic E-state index is 0.120. The van der Waals surface area contributed by atoms with E-state index in [-0.39, 0.29) is 18.6 Å². The second-order valence-electron chi connectivity index (χ2n) is 7.19. The third-order valence-electron chi connectivity index (χ3n) is 4.18. The number of carbonyl (C=O) groups excluding carboxylic acids is 1. The second-order valence-corrected chi connectivity index (χ2v) is 7.19. The number of nitrogens with one attached hydrogen (secondary N) is 2. The number of hydrogen-bond acceptors (Lipinski definition) is 4. The summed E-state index contributed by atoms with van der Waals surface area (Å²) in [5.41, 5.74) is -0.884. The molecule has 0 fully saturated rings. The number of hydrogen-bond donors (Lipinski definition) is 3. The number of carbonyl (C=O) groups is 1. The molecule has 0 radical (unpaired) electrons. The van der Waals surface area contributed by atoms with Crippen LogP contribution in [-0.2, 0) is 6.54 Å². The third kappa shape index (κ3) is 5.20. The molecule has 0 spiro atoms. The molecule has 1 aromatic heterocycles. The maximum Gasteiger partial charge on any atom is 0.315 e. The molecule has 2 heterocycles. The number of rotatable bonds is 6. The van der Waals surface area contributed by atoms with Gasteiger partial charge in [-0.15, -0.1) is 0 Å². The smallest absolute Gasteiger partial charge is 0.315 e. The van der Waals surface area contributed by atoms with Crippen molar-refractivity contribution in [1.82, 2.24) is 25.4 Å². The quantitative estimate of drug-likeness (QED) is 0.745. The lowest BCUT2D eigenvalue weighted by molar-refractivity contribution is 0.0475. The predicted molar refractivity (Wildman–Crippen MR) is 88.0 cm³/mol. The fourth-order valence-electron chi connectivity index (χ4n) is 2.77. The van der Waals surface area contributed by atoms with Crippen LogP contribution in [-0.4, -0.2) is 38.0 Å². The molecule has 7 heteroatoms. The maximum absolute atomic E-state index is 12.1. The van der Waals surface area contributed by atoms with E-state index in [2.05, 4.69) is 34.6 Å². The molecule has 0 aliphatic carbocycles. The van der Waals surface area contributed by atoms with Crippen LogP contribution in [0.25, 0.3) is 0 Å². The first-order valence-electron chi connectivity index (χ1n) is 8.45. The van der Waals surface area contributed by atoms with Gasteiger partial charge in [-0.3, -0.25) is 0 Å². The molecular formula is C16H29N5O2. The van der Waals surface area contributed by atoms with Gasteiger partial charge in [-0.25, -0.2) is 14.5 Å². The largest absolute Gasteiger partial charge is 0.388 e. The Labute approximate surface area is 137 Å². The number of aliphatic hydroxyl groups is 1. The zero-order chi connectivity index (χ0) is 17.0. The van der Waals surface area contributed by atoms with Crippen molar-refractivity contribution in [3.63, 3.8) is 0 Å². The van der Waals surface area contributed by atoms with Crippen LogP contribution in [0.4, 0.5) is 4.79 Å². The first-order valence-corrected chi connectivity index (χ1v) is 8.45. The zero-order valence-electron chi connectivity index (χ0n) is 14.6. The molecule has 1 aromatic rings. The van der Waals surface area contributed by atoms with Crippen molar-refractivity contribution in [3.8, 4) is 0 Å². The van der Waals surface area contributed by atoms with Crippen LogP contribution in [0.3, 0.4) is 0 Å². The van der Waals surface area contributed by atoms with Gasteiger partial charge in [-0.05, 0) is 45.4 Å². The van der Waals surface area contributed by atoms with E-state index in [1.165, 1.54) is 0 Å². The molecule has 7 nitrogen and oxygen atoms in total. The molecular weight excluding hydrogens is 294 g/mol. The molecule has 2 unspecified atom stereocenters. The summed E-state index contributed by atoms with van der Waals surface area (Å²) < 4.78 is 1.86. The molecule has 23 heavy (non-hydrogen) atoms. The first-order chi connectivity index (χ1) is 10.8. The van der Waals surface area contributed by atoms with Crippen LogP contribution in [0.1, 0.15) is 64.1 Å². The summed E-state index contributed by atoms with van der Waals surface area (Å²) in [7, 11) is 0. The molecule has 3 N–H and O–H groups in total. The highest BCUT2D eigenvalue weighted by atomic mass is 16.3. The standard InChI is InChI=1S/C16H29N5O2/c1-11(2)7-8-16(4,23)10-17-15(22)19-13-6-5-9-21-14(13)18-12(3)20-21/h11,13,23H,5-10H2,1-4H3,(H2,17,19,22). The number of fused-ring (bicyclic) bond motifs is 1. The van der Waals surface area contributed by atoms with Crippen molar-refractivity contribution in [2.75, 3.05) is 6.54 Å². The summed E-state index contributed by atoms with van der Waals surface area (Å²) >= 11 is 0. The van der Waals surface area contributed by atoms with E-state index < -0.39 is 5.60 Å². The number of aryl methyl sites for hydroxylation is 2. The van der Waals surface area contributed by atoms with Crippen molar-refractivity contribution < 1.29 is 9.90 Å². The van der Waals surface area contributed by atoms with Gasteiger partial charge < -0.3 is 15.7 Å². The monoisotopic (exact) mass is 323 g/mol. The van der Waals surface area contributed by atoms with Gasteiger partial charge in [0.15, 0.2) is 0 Å². The Morgan fingerprint density at radius 3 is 2.96 bits per heavy atom. The summed E-state index contributed by atoms with van der Waals surface area (Å²) in [4.78, 5) is 16.5. The molecule has 0 saturated heterocycles. The van der Waals surface area contributed by atoms with E-state index in [9.17, 15) is 9.90 Å². The zero-order valence-corrected chi connectivity index (χ0v) is 14.6. The van der Waals surface area contributed by atoms with E-state index in [0.29, 0.717) is 12.3 Å². The summed E-state index contributed by atoms with van der Waals surface area (Å²) in [6.07, 6.45) is 3.42. The molecule has 0 saturated carbocycles. The Bertz CT molecular complexity index is 539. The van der Waals surface area contributed by atoms with Crippen LogP contribution in [0.2, 0.25) is 0 Å². The third-order valence-corrected chi connectivity index (χ3v) is 4.18. The van der Waals surface area contributed by atoms with Gasteiger partial charge in [0.2, 0.25) is 0 Å². The molecule has 130 valence electrons. The Balaban J connectivity index is 1.84. The lowest BCUT2D eigenvalue weighted by Crippen LogP contribution is -2.46. The highest BCUT2D eigenvalue weighted by Gasteiger charge is 2.26. The highest BCUT2D eigenvalue weighted by molar-refractivity contribution is 5.74. The average Bonchev–Trinajstić information content (AvgIpc) is 2.85. The van der Waals surface area contributed by atoms with Crippen molar-refractivity contribution in [1.29, 1.82) is 0 Å². The normalized spacial score (nSPS) is 20.0. The van der Waals surface area contributed by atoms with Gasteiger partial charge in [0.25, 0.3) is 0 Å². The summed E-state index contributed by atoms with van der Waals surface area (Å²) in [5, 5.41) is 20.4. The fraction of sp³-hybridized carbons (Fsp3) is 0.812. The van der Waals surface area contributed by atoms with E-state index in [0.717, 1.165) is 37.5 Å². The highest BCUT2D eigenvalue weighted by Crippen LogP contribution is 2.22. The van der Waals surface area contributed by atoms with Crippen LogP contribution in [0.5, 0.6) is 0 Å². The molecule has 2 amide bonds. The van der Waals surface area contributed by atoms with Gasteiger partial charge in [0.1, 0.15) is 11.6 Å². The average molecular weight is 323 g/mol. The van der Waals surface area contributed by atoms with E-state index >= 15 is 0 Å². The lowest BCUT2D eigenvalue weighted by atomic mass is 9.95. The molecule has 1 aliphatic rings. The minimum atomic E-state index is -0.884. The van der Waals surface area contributed by atoms with Crippen molar-refractivity contribution in [3.05, 3.63) is 11.6 Å². The van der Waals surface area contributed by atoms with Crippen LogP contribution < -0.4 is 10.6 Å². The van der Waals surface area contributed by atoms with E-state index in [1.54, 1.807) is 6.92 Å². The maximum atomic E-state index is 12.1. The van der Waals surface area contributed by atoms with Gasteiger partial charge in [0.05, 0.1) is 11.6 Å². The molecule has 0 aromatic carbocycles. The molecule has 2 atom stereocenters. The summed E-state index contributed by atoms with van der Waals surface area (Å²) in [5.74, 6) is 2.08. The number of aromatic nitrogens is 3. The second kappa shape index (κ2) is 7.29. The van der Waals surface area contributed by atoms with Gasteiger partial charge >= 0.3 is 6.03 Å². The van der Waals surface area contributed by atoms with Crippen molar-refractivity contribution in [2.24, 2.45) is 5.92 Å². The van der Waals surface area contributed by atoms with Crippen molar-refractivity contribution >= 4 is 6.03 Å². The lowest BCUT2D eigenvalue weighted by Gasteiger charge is -2.26. The first kappa shape index (κ1) is 17.7. The van der Waals surface area contributed by atoms with Crippen LogP contribution >= 0.6 is 0 Å². The Morgan fingerprint density at radius 1 is 1.52 bits per heavy atom. The Morgan fingerprint density at radius 2 is 2.26 bits per heavy atom. The number of nitrogens with zero attached hydrogens (tertiary/aromatic N) is 3. The van der Waals surface area contributed by atoms with E-state index in [4.69, 9.17) is 0 Å². The minimum Gasteiger partial charge on any atom is -0.388 e. The van der Waals surface area contributed by atoms with Crippen molar-refractivity contribution in [2.45, 2.75) is 71.6 Å². The van der Waals surface area contributed by atoms with Gasteiger partial charge in [-0.2, -0.15) is 5.10 Å². The van der Waals surface area contributed by atoms with Gasteiger partial charge in [-0.1, -0.05) is 13.8 Å². The van der Waals surface area contributed by atoms with Gasteiger partial charge in [0, 0.05) is 13.1 Å². The SMILES string of the molecule is Cc1nc2n(n1)CCCC2NC(=O)NCC(C)(O)CCC(C)C. The molecule has 2 rings (SSSR count). The summed E-state index contributed by atoms with van der Waals surface area (Å²) in [6.45, 7) is 8.95. The number of amides is 2. The topological polar surface area (TPSA) is 92.1 Å². The Kier molecular flexibility index (Phi) is 5.62. The number of urea groups is 1. The van der Waals surface area contributed by atoms with Crippen LogP contribution in [0.15, 0.2) is 0 Å². The molecule has 1 aliphatic heterocycles. The Hall–Kier alpha value is -1.63. The van der Waals surface area contributed by atoms with Crippen LogP contribution in [0, 0.1) is 12.8 Å². The molecule has 0 bridgehead atoms.